The first-order chi connectivity index (χ1) is 32.1. The van der Waals surface area contributed by atoms with Crippen molar-refractivity contribution in [2.75, 3.05) is 37.2 Å². The van der Waals surface area contributed by atoms with Gasteiger partial charge in [-0.1, -0.05) is 84.9 Å². The van der Waals surface area contributed by atoms with Gasteiger partial charge in [0.2, 0.25) is 0 Å². The SMILES string of the molecule is Cc1nn(C)cc1CN1CCC(c2ccc(C(=O)Cc3ccccc3N)cc2)CC1.Cc1nn(C)cc1CN1CCC(c2ccc(C(=O)Cc3ccccc3NC(=O)OC(C)(C)C)cc2)CC1. The topological polar surface area (TPSA) is 141 Å². The lowest BCUT2D eigenvalue weighted by atomic mass is 9.88. The minimum absolute atomic E-state index is 0.0200. The number of ketones is 2. The van der Waals surface area contributed by atoms with Crippen LogP contribution in [0.5, 0.6) is 0 Å². The molecule has 0 aliphatic carbocycles. The first-order valence-corrected chi connectivity index (χ1v) is 23.7. The number of rotatable bonds is 13. The molecule has 2 saturated heterocycles. The number of nitrogens with zero attached hydrogens (tertiary/aromatic N) is 6. The fourth-order valence-corrected chi connectivity index (χ4v) is 9.28. The Morgan fingerprint density at radius 1 is 0.612 bits per heavy atom. The van der Waals surface area contributed by atoms with E-state index in [1.165, 1.54) is 22.3 Å². The molecule has 1 amide bonds. The van der Waals surface area contributed by atoms with Crippen molar-refractivity contribution < 1.29 is 19.1 Å². The van der Waals surface area contributed by atoms with E-state index >= 15 is 0 Å². The number of benzene rings is 4. The van der Waals surface area contributed by atoms with Gasteiger partial charge in [0.25, 0.3) is 0 Å². The van der Waals surface area contributed by atoms with Crippen molar-refractivity contribution in [2.24, 2.45) is 14.1 Å². The summed E-state index contributed by atoms with van der Waals surface area (Å²) in [6.45, 7) is 15.8. The zero-order valence-corrected chi connectivity index (χ0v) is 40.4. The molecule has 12 heteroatoms. The highest BCUT2D eigenvalue weighted by molar-refractivity contribution is 5.99. The number of para-hydroxylation sites is 2. The molecule has 0 saturated carbocycles. The highest BCUT2D eigenvalue weighted by Gasteiger charge is 2.24. The van der Waals surface area contributed by atoms with Crippen LogP contribution >= 0.6 is 0 Å². The molecule has 4 heterocycles. The fourth-order valence-electron chi connectivity index (χ4n) is 9.28. The molecule has 2 aliphatic heterocycles. The summed E-state index contributed by atoms with van der Waals surface area (Å²) in [7, 11) is 3.95. The van der Waals surface area contributed by atoms with E-state index in [0.717, 1.165) is 93.0 Å². The fraction of sp³-hybridized carbons (Fsp3) is 0.400. The van der Waals surface area contributed by atoms with Crippen LogP contribution in [-0.4, -0.2) is 78.8 Å². The zero-order valence-electron chi connectivity index (χ0n) is 40.4. The minimum atomic E-state index is -0.592. The first-order valence-electron chi connectivity index (χ1n) is 23.7. The van der Waals surface area contributed by atoms with E-state index in [9.17, 15) is 14.4 Å². The van der Waals surface area contributed by atoms with E-state index in [4.69, 9.17) is 10.5 Å². The maximum absolute atomic E-state index is 13.1. The van der Waals surface area contributed by atoms with Gasteiger partial charge in [-0.3, -0.25) is 34.1 Å². The number of carbonyl (C=O) groups excluding carboxylic acids is 3. The number of amides is 1. The standard InChI is InChI=1S/C30H38N4O3.C25H30N4O/c1-21-26(19-33(5)32-21)20-34-16-14-23(15-17-34)22-10-12-24(13-11-22)28(35)18-25-8-6-7-9-27(25)31-29(36)37-30(2,3)4;1-18-23(16-28(2)27-18)17-29-13-11-20(12-14-29)19-7-9-21(10-8-19)25(30)15-22-5-3-4-6-24(22)26/h6-13,19,23H,14-18,20H2,1-5H3,(H,31,36);3-10,16,20H,11-15,17,26H2,1-2H3. The molecule has 8 rings (SSSR count). The summed E-state index contributed by atoms with van der Waals surface area (Å²) < 4.78 is 9.14. The molecular formula is C55H68N8O4. The molecule has 0 radical (unpaired) electrons. The van der Waals surface area contributed by atoms with Gasteiger partial charge < -0.3 is 10.5 Å². The first kappa shape index (κ1) is 48.6. The second-order valence-electron chi connectivity index (χ2n) is 19.4. The van der Waals surface area contributed by atoms with Crippen LogP contribution in [0.3, 0.4) is 0 Å². The van der Waals surface area contributed by atoms with Crippen LogP contribution in [0, 0.1) is 13.8 Å². The highest BCUT2D eigenvalue weighted by Crippen LogP contribution is 2.31. The number of piperidine rings is 2. The molecule has 2 fully saturated rings. The monoisotopic (exact) mass is 905 g/mol. The van der Waals surface area contributed by atoms with Gasteiger partial charge in [0, 0.05) is 86.0 Å². The molecular weight excluding hydrogens is 837 g/mol. The number of likely N-dealkylation sites (tertiary alicyclic amines) is 2. The van der Waals surface area contributed by atoms with E-state index < -0.39 is 11.7 Å². The molecule has 0 bridgehead atoms. The number of anilines is 2. The van der Waals surface area contributed by atoms with Gasteiger partial charge in [-0.05, 0) is 133 Å². The molecule has 12 nitrogen and oxygen atoms in total. The molecule has 67 heavy (non-hydrogen) atoms. The second-order valence-corrected chi connectivity index (χ2v) is 19.4. The third-order valence-electron chi connectivity index (χ3n) is 13.0. The van der Waals surface area contributed by atoms with Gasteiger partial charge >= 0.3 is 6.09 Å². The van der Waals surface area contributed by atoms with Crippen molar-refractivity contribution in [1.82, 2.24) is 29.4 Å². The number of carbonyl (C=O) groups is 3. The molecule has 352 valence electrons. The minimum Gasteiger partial charge on any atom is -0.444 e. The van der Waals surface area contributed by atoms with Crippen molar-refractivity contribution in [3.05, 3.63) is 165 Å². The smallest absolute Gasteiger partial charge is 0.412 e. The van der Waals surface area contributed by atoms with Gasteiger partial charge in [0.05, 0.1) is 11.4 Å². The molecule has 6 aromatic rings. The van der Waals surface area contributed by atoms with Crippen molar-refractivity contribution in [3.63, 3.8) is 0 Å². The Balaban J connectivity index is 0.000000203. The van der Waals surface area contributed by atoms with Gasteiger partial charge in [0.1, 0.15) is 5.60 Å². The van der Waals surface area contributed by atoms with E-state index in [1.807, 2.05) is 111 Å². The second kappa shape index (κ2) is 22.0. The summed E-state index contributed by atoms with van der Waals surface area (Å²) in [6, 6.07) is 31.2. The van der Waals surface area contributed by atoms with Crippen molar-refractivity contribution >= 4 is 29.0 Å². The number of ether oxygens (including phenoxy) is 1. The van der Waals surface area contributed by atoms with E-state index in [2.05, 4.69) is 75.8 Å². The number of nitrogens with one attached hydrogen (secondary N) is 1. The zero-order chi connectivity index (χ0) is 47.7. The molecule has 3 N–H and O–H groups in total. The number of hydrogen-bond acceptors (Lipinski definition) is 9. The summed E-state index contributed by atoms with van der Waals surface area (Å²) in [5.74, 6) is 1.20. The van der Waals surface area contributed by atoms with Crippen LogP contribution in [0.25, 0.3) is 0 Å². The largest absolute Gasteiger partial charge is 0.444 e. The molecule has 2 aromatic heterocycles. The lowest BCUT2D eigenvalue weighted by Crippen LogP contribution is -2.32. The third kappa shape index (κ3) is 13.6. The Morgan fingerprint density at radius 2 is 1.03 bits per heavy atom. The molecule has 2 aliphatic rings. The lowest BCUT2D eigenvalue weighted by Gasteiger charge is -2.32. The average molecular weight is 905 g/mol. The van der Waals surface area contributed by atoms with Gasteiger partial charge in [-0.15, -0.1) is 0 Å². The number of Topliss-reactive ketones (excluding diaryl/α,β-unsaturated/α-hetero) is 2. The summed E-state index contributed by atoms with van der Waals surface area (Å²) in [5.41, 5.74) is 17.2. The van der Waals surface area contributed by atoms with Crippen LogP contribution < -0.4 is 11.1 Å². The van der Waals surface area contributed by atoms with Crippen LogP contribution in [0.2, 0.25) is 0 Å². The normalized spacial score (nSPS) is 15.1. The summed E-state index contributed by atoms with van der Waals surface area (Å²) in [4.78, 5) is 42.9. The summed E-state index contributed by atoms with van der Waals surface area (Å²) in [5, 5.41) is 11.7. The van der Waals surface area contributed by atoms with Crippen LogP contribution in [0.1, 0.15) is 124 Å². The predicted octanol–water partition coefficient (Wildman–Crippen LogP) is 10.00. The molecule has 0 atom stereocenters. The number of aromatic nitrogens is 4. The third-order valence-corrected chi connectivity index (χ3v) is 13.0. The Labute approximate surface area is 396 Å². The van der Waals surface area contributed by atoms with Crippen molar-refractivity contribution in [3.8, 4) is 0 Å². The Hall–Kier alpha value is -6.37. The Kier molecular flexibility index (Phi) is 15.9. The van der Waals surface area contributed by atoms with Gasteiger partial charge in [-0.2, -0.15) is 10.2 Å². The van der Waals surface area contributed by atoms with Crippen LogP contribution in [0.4, 0.5) is 16.2 Å². The quantitative estimate of drug-likeness (QED) is 0.0856. The lowest BCUT2D eigenvalue weighted by molar-refractivity contribution is 0.0635. The molecule has 4 aromatic carbocycles. The molecule has 0 spiro atoms. The van der Waals surface area contributed by atoms with Gasteiger partial charge in [0.15, 0.2) is 11.6 Å². The number of nitrogens with two attached hydrogens (primary N) is 1. The van der Waals surface area contributed by atoms with Gasteiger partial charge in [-0.25, -0.2) is 4.79 Å². The van der Waals surface area contributed by atoms with Crippen LogP contribution in [0.15, 0.2) is 109 Å². The predicted molar refractivity (Wildman–Crippen MR) is 267 cm³/mol. The maximum Gasteiger partial charge on any atom is 0.412 e. The molecule has 0 unspecified atom stereocenters. The Morgan fingerprint density at radius 3 is 1.45 bits per heavy atom. The van der Waals surface area contributed by atoms with E-state index in [1.54, 1.807) is 6.07 Å². The summed E-state index contributed by atoms with van der Waals surface area (Å²) >= 11 is 0. The Bertz CT molecular complexity index is 2610. The summed E-state index contributed by atoms with van der Waals surface area (Å²) in [6.07, 6.45) is 8.77. The highest BCUT2D eigenvalue weighted by atomic mass is 16.6. The number of aryl methyl sites for hydroxylation is 4. The number of hydrogen-bond donors (Lipinski definition) is 2. The van der Waals surface area contributed by atoms with Crippen LogP contribution in [-0.2, 0) is 44.8 Å². The van der Waals surface area contributed by atoms with Crippen molar-refractivity contribution in [1.29, 1.82) is 0 Å². The average Bonchev–Trinajstić information content (AvgIpc) is 3.80. The maximum atomic E-state index is 13.1. The van der Waals surface area contributed by atoms with Crippen molar-refractivity contribution in [2.45, 2.75) is 104 Å². The van der Waals surface area contributed by atoms with E-state index in [0.29, 0.717) is 35.2 Å². The number of nitrogen functional groups attached to an aromatic ring is 1. The van der Waals surface area contributed by atoms with E-state index in [-0.39, 0.29) is 18.0 Å².